The van der Waals surface area contributed by atoms with E-state index in [1.807, 2.05) is 4.90 Å². The van der Waals surface area contributed by atoms with Gasteiger partial charge >= 0.3 is 0 Å². The van der Waals surface area contributed by atoms with Crippen LogP contribution in [0.5, 0.6) is 0 Å². The minimum atomic E-state index is -3.66. The van der Waals surface area contributed by atoms with E-state index in [1.54, 1.807) is 24.3 Å². The van der Waals surface area contributed by atoms with E-state index in [2.05, 4.69) is 4.72 Å². The van der Waals surface area contributed by atoms with Crippen LogP contribution in [0.25, 0.3) is 0 Å². The van der Waals surface area contributed by atoms with Gasteiger partial charge in [-0.1, -0.05) is 12.8 Å². The number of furan rings is 1. The molecule has 2 fully saturated rings. The highest BCUT2D eigenvalue weighted by Gasteiger charge is 2.36. The lowest BCUT2D eigenvalue weighted by atomic mass is 9.78. The van der Waals surface area contributed by atoms with Crippen molar-refractivity contribution in [2.24, 2.45) is 5.92 Å². The summed E-state index contributed by atoms with van der Waals surface area (Å²) in [5.41, 5.74) is 0.552. The van der Waals surface area contributed by atoms with E-state index in [4.69, 9.17) is 4.42 Å². The van der Waals surface area contributed by atoms with Gasteiger partial charge in [0.05, 0.1) is 17.7 Å². The molecule has 1 saturated carbocycles. The summed E-state index contributed by atoms with van der Waals surface area (Å²) in [6.45, 7) is 0.887. The minimum Gasteiger partial charge on any atom is -0.468 e. The van der Waals surface area contributed by atoms with E-state index in [0.29, 0.717) is 23.3 Å². The summed E-state index contributed by atoms with van der Waals surface area (Å²) >= 11 is 0. The number of carbonyl (C=O) groups is 1. The van der Waals surface area contributed by atoms with Crippen LogP contribution >= 0.6 is 0 Å². The second-order valence-corrected chi connectivity index (χ2v) is 9.45. The van der Waals surface area contributed by atoms with Crippen LogP contribution in [0, 0.1) is 5.92 Å². The van der Waals surface area contributed by atoms with Crippen molar-refractivity contribution >= 4 is 15.9 Å². The van der Waals surface area contributed by atoms with Crippen molar-refractivity contribution in [1.29, 1.82) is 0 Å². The third-order valence-corrected chi connectivity index (χ3v) is 7.35. The van der Waals surface area contributed by atoms with Gasteiger partial charge in [-0.3, -0.25) is 4.79 Å². The Morgan fingerprint density at radius 2 is 1.82 bits per heavy atom. The Morgan fingerprint density at radius 1 is 1.07 bits per heavy atom. The van der Waals surface area contributed by atoms with Gasteiger partial charge in [0.25, 0.3) is 5.91 Å². The molecule has 150 valence electrons. The molecule has 0 bridgehead atoms. The summed E-state index contributed by atoms with van der Waals surface area (Å²) in [6, 6.07) is 10.0. The van der Waals surface area contributed by atoms with Gasteiger partial charge in [0, 0.05) is 18.2 Å². The molecule has 1 aromatic heterocycles. The number of benzene rings is 1. The summed E-state index contributed by atoms with van der Waals surface area (Å²) < 4.78 is 32.6. The van der Waals surface area contributed by atoms with Gasteiger partial charge in [-0.25, -0.2) is 13.1 Å². The highest BCUT2D eigenvalue weighted by atomic mass is 32.2. The van der Waals surface area contributed by atoms with Crippen molar-refractivity contribution in [2.75, 3.05) is 6.54 Å². The zero-order valence-electron chi connectivity index (χ0n) is 15.8. The maximum atomic E-state index is 13.0. The fourth-order valence-corrected chi connectivity index (χ4v) is 5.48. The second-order valence-electron chi connectivity index (χ2n) is 7.68. The molecule has 0 radical (unpaired) electrons. The minimum absolute atomic E-state index is 0.0177. The van der Waals surface area contributed by atoms with Crippen LogP contribution in [0.1, 0.15) is 54.6 Å². The number of hydrogen-bond donors (Lipinski definition) is 1. The van der Waals surface area contributed by atoms with E-state index >= 15 is 0 Å². The van der Waals surface area contributed by atoms with Crippen LogP contribution in [0.15, 0.2) is 52.0 Å². The molecule has 1 aromatic carbocycles. The lowest BCUT2D eigenvalue weighted by molar-refractivity contribution is 0.0390. The SMILES string of the molecule is O=C(c1ccc(S(=O)(=O)NCc2ccco2)cc1)N1CCCC2CCCCC21. The Morgan fingerprint density at radius 3 is 2.57 bits per heavy atom. The monoisotopic (exact) mass is 402 g/mol. The number of amides is 1. The van der Waals surface area contributed by atoms with Gasteiger partial charge < -0.3 is 9.32 Å². The number of piperidine rings is 1. The van der Waals surface area contributed by atoms with E-state index in [9.17, 15) is 13.2 Å². The lowest BCUT2D eigenvalue weighted by Gasteiger charge is -2.44. The van der Waals surface area contributed by atoms with Crippen LogP contribution in [0.3, 0.4) is 0 Å². The molecular weight excluding hydrogens is 376 g/mol. The van der Waals surface area contributed by atoms with Gasteiger partial charge in [0.1, 0.15) is 5.76 Å². The highest BCUT2D eigenvalue weighted by Crippen LogP contribution is 2.36. The molecule has 2 aromatic rings. The number of carbonyl (C=O) groups excluding carboxylic acids is 1. The fourth-order valence-electron chi connectivity index (χ4n) is 4.48. The first-order valence-corrected chi connectivity index (χ1v) is 11.5. The van der Waals surface area contributed by atoms with Crippen molar-refractivity contribution in [1.82, 2.24) is 9.62 Å². The number of hydrogen-bond acceptors (Lipinski definition) is 4. The smallest absolute Gasteiger partial charge is 0.254 e. The number of likely N-dealkylation sites (tertiary alicyclic amines) is 1. The lowest BCUT2D eigenvalue weighted by Crippen LogP contribution is -2.49. The summed E-state index contributed by atoms with van der Waals surface area (Å²) in [6.07, 6.45) is 8.52. The molecule has 7 heteroatoms. The number of nitrogens with one attached hydrogen (secondary N) is 1. The van der Waals surface area contributed by atoms with Crippen LogP contribution in [-0.2, 0) is 16.6 Å². The average molecular weight is 403 g/mol. The molecule has 1 saturated heterocycles. The van der Waals surface area contributed by atoms with E-state index < -0.39 is 10.0 Å². The quantitative estimate of drug-likeness (QED) is 0.829. The predicted octanol–water partition coefficient (Wildman–Crippen LogP) is 3.55. The number of rotatable bonds is 5. The van der Waals surface area contributed by atoms with Gasteiger partial charge in [-0.15, -0.1) is 0 Å². The van der Waals surface area contributed by atoms with Gasteiger partial charge in [0.2, 0.25) is 10.0 Å². The molecule has 6 nitrogen and oxygen atoms in total. The summed E-state index contributed by atoms with van der Waals surface area (Å²) in [7, 11) is -3.66. The van der Waals surface area contributed by atoms with Gasteiger partial charge in [-0.2, -0.15) is 0 Å². The number of fused-ring (bicyclic) bond motifs is 1. The molecule has 1 aliphatic carbocycles. The van der Waals surface area contributed by atoms with Crippen molar-refractivity contribution in [3.63, 3.8) is 0 Å². The first kappa shape index (κ1) is 19.2. The Bertz CT molecular complexity index is 904. The largest absolute Gasteiger partial charge is 0.468 e. The topological polar surface area (TPSA) is 79.6 Å². The predicted molar refractivity (Wildman–Crippen MR) is 105 cm³/mol. The molecule has 2 unspecified atom stereocenters. The highest BCUT2D eigenvalue weighted by molar-refractivity contribution is 7.89. The Labute approximate surface area is 166 Å². The molecule has 28 heavy (non-hydrogen) atoms. The summed E-state index contributed by atoms with van der Waals surface area (Å²) in [4.78, 5) is 15.2. The molecule has 1 aliphatic heterocycles. The maximum Gasteiger partial charge on any atom is 0.254 e. The van der Waals surface area contributed by atoms with Crippen molar-refractivity contribution < 1.29 is 17.6 Å². The molecule has 0 spiro atoms. The van der Waals surface area contributed by atoms with Crippen molar-refractivity contribution in [3.8, 4) is 0 Å². The van der Waals surface area contributed by atoms with Gasteiger partial charge in [-0.05, 0) is 68.0 Å². The van der Waals surface area contributed by atoms with E-state index in [0.717, 1.165) is 19.4 Å². The molecule has 2 heterocycles. The molecule has 1 N–H and O–H groups in total. The number of nitrogens with zero attached hydrogens (tertiary/aromatic N) is 1. The summed E-state index contributed by atoms with van der Waals surface area (Å²) in [5, 5.41) is 0. The molecule has 2 aliphatic rings. The Hall–Kier alpha value is -2.12. The van der Waals surface area contributed by atoms with Crippen molar-refractivity contribution in [3.05, 3.63) is 54.0 Å². The van der Waals surface area contributed by atoms with Crippen LogP contribution in [0.4, 0.5) is 0 Å². The van der Waals surface area contributed by atoms with Gasteiger partial charge in [0.15, 0.2) is 0 Å². The maximum absolute atomic E-state index is 13.0. The Kier molecular flexibility index (Phi) is 5.55. The van der Waals surface area contributed by atoms with Crippen LogP contribution < -0.4 is 4.72 Å². The first-order chi connectivity index (χ1) is 13.5. The normalized spacial score (nSPS) is 22.6. The molecule has 2 atom stereocenters. The third-order valence-electron chi connectivity index (χ3n) is 5.93. The summed E-state index contributed by atoms with van der Waals surface area (Å²) in [5.74, 6) is 1.18. The van der Waals surface area contributed by atoms with E-state index in [-0.39, 0.29) is 17.3 Å². The van der Waals surface area contributed by atoms with Crippen molar-refractivity contribution in [2.45, 2.75) is 56.0 Å². The Balaban J connectivity index is 1.45. The van der Waals surface area contributed by atoms with Crippen LogP contribution in [-0.4, -0.2) is 31.8 Å². The fraction of sp³-hybridized carbons (Fsp3) is 0.476. The van der Waals surface area contributed by atoms with E-state index in [1.165, 1.54) is 44.1 Å². The zero-order valence-corrected chi connectivity index (χ0v) is 16.7. The zero-order chi connectivity index (χ0) is 19.6. The first-order valence-electron chi connectivity index (χ1n) is 9.98. The average Bonchev–Trinajstić information content (AvgIpc) is 3.25. The second kappa shape index (κ2) is 8.09. The third kappa shape index (κ3) is 4.00. The molecule has 4 rings (SSSR count). The molecular formula is C21H26N2O4S. The molecule has 1 amide bonds. The van der Waals surface area contributed by atoms with Crippen LogP contribution in [0.2, 0.25) is 0 Å². The number of sulfonamides is 1. The standard InChI is InChI=1S/C21H26N2O4S/c24-21(23-13-3-6-16-5-1-2-8-20(16)23)17-9-11-19(12-10-17)28(25,26)22-15-18-7-4-14-27-18/h4,7,9-12,14,16,20,22H,1-3,5-6,8,13,15H2.